The van der Waals surface area contributed by atoms with Crippen LogP contribution in [0, 0.1) is 0 Å². The molecule has 2 amide bonds. The van der Waals surface area contributed by atoms with Gasteiger partial charge in [-0.25, -0.2) is 4.79 Å². The first kappa shape index (κ1) is 17.5. The number of anilines is 1. The topological polar surface area (TPSA) is 67.4 Å². The molecule has 0 aliphatic carbocycles. The van der Waals surface area contributed by atoms with E-state index in [4.69, 9.17) is 4.74 Å². The summed E-state index contributed by atoms with van der Waals surface area (Å²) in [6.07, 6.45) is -0.630. The van der Waals surface area contributed by atoms with Crippen LogP contribution in [0.2, 0.25) is 0 Å². The second-order valence-electron chi connectivity index (χ2n) is 5.94. The van der Waals surface area contributed by atoms with Crippen LogP contribution in [0.3, 0.4) is 0 Å². The number of nitrogens with one attached hydrogen (secondary N) is 2. The Balaban J connectivity index is 1.56. The molecule has 0 bridgehead atoms. The Morgan fingerprint density at radius 2 is 1.62 bits per heavy atom. The summed E-state index contributed by atoms with van der Waals surface area (Å²) in [6, 6.07) is 22.1. The summed E-state index contributed by atoms with van der Waals surface area (Å²) < 4.78 is 5.14. The van der Waals surface area contributed by atoms with E-state index >= 15 is 0 Å². The van der Waals surface area contributed by atoms with Crippen LogP contribution in [-0.4, -0.2) is 18.0 Å². The van der Waals surface area contributed by atoms with Gasteiger partial charge in [-0.3, -0.25) is 4.79 Å². The predicted octanol–water partition coefficient (Wildman–Crippen LogP) is 4.09. The fraction of sp³-hybridized carbons (Fsp3) is 0.143. The van der Waals surface area contributed by atoms with Crippen molar-refractivity contribution in [2.24, 2.45) is 0 Å². The first-order chi connectivity index (χ1) is 12.6. The van der Waals surface area contributed by atoms with E-state index in [1.54, 1.807) is 6.92 Å². The maximum Gasteiger partial charge on any atom is 0.408 e. The zero-order chi connectivity index (χ0) is 18.4. The highest BCUT2D eigenvalue weighted by Gasteiger charge is 2.17. The molecule has 0 fully saturated rings. The third kappa shape index (κ3) is 4.39. The molecule has 0 saturated heterocycles. The minimum Gasteiger partial charge on any atom is -0.445 e. The number of amides is 2. The smallest absolute Gasteiger partial charge is 0.408 e. The van der Waals surface area contributed by atoms with E-state index in [9.17, 15) is 9.59 Å². The van der Waals surface area contributed by atoms with Crippen molar-refractivity contribution < 1.29 is 14.3 Å². The number of benzene rings is 3. The van der Waals surface area contributed by atoms with Gasteiger partial charge in [0.2, 0.25) is 5.91 Å². The number of hydrogen-bond donors (Lipinski definition) is 2. The van der Waals surface area contributed by atoms with Gasteiger partial charge in [0.1, 0.15) is 12.6 Å². The van der Waals surface area contributed by atoms with Gasteiger partial charge in [0.15, 0.2) is 0 Å². The van der Waals surface area contributed by atoms with Crippen molar-refractivity contribution in [2.75, 3.05) is 5.32 Å². The first-order valence-electron chi connectivity index (χ1n) is 8.39. The summed E-state index contributed by atoms with van der Waals surface area (Å²) in [5.74, 6) is -0.307. The molecule has 3 aromatic carbocycles. The molecule has 0 heterocycles. The van der Waals surface area contributed by atoms with Crippen molar-refractivity contribution in [3.05, 3.63) is 78.4 Å². The largest absolute Gasteiger partial charge is 0.445 e. The lowest BCUT2D eigenvalue weighted by Gasteiger charge is -2.15. The highest BCUT2D eigenvalue weighted by atomic mass is 16.5. The Labute approximate surface area is 152 Å². The number of carbonyl (C=O) groups excluding carboxylic acids is 2. The van der Waals surface area contributed by atoms with Gasteiger partial charge < -0.3 is 15.4 Å². The minimum absolute atomic E-state index is 0.157. The van der Waals surface area contributed by atoms with E-state index in [0.29, 0.717) is 5.69 Å². The second-order valence-corrected chi connectivity index (χ2v) is 5.94. The quantitative estimate of drug-likeness (QED) is 0.730. The normalized spacial score (nSPS) is 11.6. The van der Waals surface area contributed by atoms with Gasteiger partial charge >= 0.3 is 6.09 Å². The minimum atomic E-state index is -0.725. The Bertz CT molecular complexity index is 904. The molecule has 0 spiro atoms. The van der Waals surface area contributed by atoms with Gasteiger partial charge in [0.25, 0.3) is 0 Å². The molecule has 132 valence electrons. The van der Waals surface area contributed by atoms with Crippen molar-refractivity contribution in [2.45, 2.75) is 19.6 Å². The maximum atomic E-state index is 12.4. The summed E-state index contributed by atoms with van der Waals surface area (Å²) in [5.41, 5.74) is 1.59. The molecule has 2 N–H and O–H groups in total. The summed E-state index contributed by atoms with van der Waals surface area (Å²) in [7, 11) is 0. The van der Waals surface area contributed by atoms with Crippen molar-refractivity contribution in [3.63, 3.8) is 0 Å². The highest BCUT2D eigenvalue weighted by Crippen LogP contribution is 2.22. The Morgan fingerprint density at radius 3 is 2.42 bits per heavy atom. The van der Waals surface area contributed by atoms with Crippen LogP contribution in [-0.2, 0) is 16.1 Å². The van der Waals surface area contributed by atoms with E-state index in [1.165, 1.54) is 0 Å². The predicted molar refractivity (Wildman–Crippen MR) is 102 cm³/mol. The lowest BCUT2D eigenvalue weighted by Crippen LogP contribution is -2.41. The number of rotatable bonds is 5. The maximum absolute atomic E-state index is 12.4. The molecule has 3 rings (SSSR count). The third-order valence-corrected chi connectivity index (χ3v) is 3.99. The van der Waals surface area contributed by atoms with Gasteiger partial charge in [-0.1, -0.05) is 66.7 Å². The van der Waals surface area contributed by atoms with Crippen LogP contribution in [0.15, 0.2) is 72.8 Å². The zero-order valence-corrected chi connectivity index (χ0v) is 14.4. The van der Waals surface area contributed by atoms with Gasteiger partial charge in [-0.15, -0.1) is 0 Å². The lowest BCUT2D eigenvalue weighted by molar-refractivity contribution is -0.117. The molecule has 0 radical (unpaired) electrons. The lowest BCUT2D eigenvalue weighted by atomic mass is 10.1. The van der Waals surface area contributed by atoms with Gasteiger partial charge in [-0.05, 0) is 23.9 Å². The van der Waals surface area contributed by atoms with Gasteiger partial charge in [0, 0.05) is 11.1 Å². The monoisotopic (exact) mass is 348 g/mol. The van der Waals surface area contributed by atoms with E-state index in [2.05, 4.69) is 10.6 Å². The molecule has 0 saturated carbocycles. The van der Waals surface area contributed by atoms with Crippen molar-refractivity contribution in [1.82, 2.24) is 5.32 Å². The Hall–Kier alpha value is -3.34. The fourth-order valence-electron chi connectivity index (χ4n) is 2.58. The van der Waals surface area contributed by atoms with Crippen LogP contribution < -0.4 is 10.6 Å². The molecule has 0 aliphatic rings. The Kier molecular flexibility index (Phi) is 5.49. The molecule has 0 aliphatic heterocycles. The van der Waals surface area contributed by atoms with Gasteiger partial charge in [0.05, 0.1) is 0 Å². The van der Waals surface area contributed by atoms with Crippen molar-refractivity contribution >= 4 is 28.5 Å². The van der Waals surface area contributed by atoms with E-state index in [1.807, 2.05) is 72.8 Å². The number of carbonyl (C=O) groups is 2. The summed E-state index contributed by atoms with van der Waals surface area (Å²) >= 11 is 0. The third-order valence-electron chi connectivity index (χ3n) is 3.99. The molecule has 3 aromatic rings. The number of fused-ring (bicyclic) bond motifs is 1. The molecular weight excluding hydrogens is 328 g/mol. The average molecular weight is 348 g/mol. The summed E-state index contributed by atoms with van der Waals surface area (Å²) in [4.78, 5) is 24.3. The number of alkyl carbamates (subject to hydrolysis) is 1. The fourth-order valence-corrected chi connectivity index (χ4v) is 2.58. The first-order valence-corrected chi connectivity index (χ1v) is 8.39. The standard InChI is InChI=1S/C21H20N2O3/c1-15(22-21(25)26-14-16-8-3-2-4-9-16)20(24)23-19-13-7-11-17-10-5-6-12-18(17)19/h2-13,15H,14H2,1H3,(H,22,25)(H,23,24)/t15-/m1/s1. The second kappa shape index (κ2) is 8.16. The molecule has 0 unspecified atom stereocenters. The van der Waals surface area contributed by atoms with Crippen LogP contribution in [0.1, 0.15) is 12.5 Å². The van der Waals surface area contributed by atoms with E-state index in [0.717, 1.165) is 16.3 Å². The number of ether oxygens (including phenoxy) is 1. The van der Waals surface area contributed by atoms with Gasteiger partial charge in [-0.2, -0.15) is 0 Å². The molecule has 26 heavy (non-hydrogen) atoms. The summed E-state index contributed by atoms with van der Waals surface area (Å²) in [5, 5.41) is 7.38. The molecular formula is C21H20N2O3. The molecule has 0 aromatic heterocycles. The van der Waals surface area contributed by atoms with Crippen LogP contribution in [0.25, 0.3) is 10.8 Å². The Morgan fingerprint density at radius 1 is 0.923 bits per heavy atom. The SMILES string of the molecule is C[C@@H](NC(=O)OCc1ccccc1)C(=O)Nc1cccc2ccccc12. The van der Waals surface area contributed by atoms with Crippen LogP contribution in [0.5, 0.6) is 0 Å². The van der Waals surface area contributed by atoms with E-state index < -0.39 is 12.1 Å². The molecule has 5 nitrogen and oxygen atoms in total. The van der Waals surface area contributed by atoms with E-state index in [-0.39, 0.29) is 12.5 Å². The van der Waals surface area contributed by atoms with Crippen molar-refractivity contribution in [3.8, 4) is 0 Å². The molecule has 1 atom stereocenters. The molecule has 5 heteroatoms. The van der Waals surface area contributed by atoms with Crippen molar-refractivity contribution in [1.29, 1.82) is 0 Å². The summed E-state index contributed by atoms with van der Waals surface area (Å²) in [6.45, 7) is 1.77. The zero-order valence-electron chi connectivity index (χ0n) is 14.4. The van der Waals surface area contributed by atoms with Crippen LogP contribution >= 0.6 is 0 Å². The van der Waals surface area contributed by atoms with Crippen LogP contribution in [0.4, 0.5) is 10.5 Å². The number of hydrogen-bond acceptors (Lipinski definition) is 3. The highest BCUT2D eigenvalue weighted by molar-refractivity contribution is 6.04. The average Bonchev–Trinajstić information content (AvgIpc) is 2.67.